The van der Waals surface area contributed by atoms with Gasteiger partial charge in [0, 0.05) is 6.07 Å². The van der Waals surface area contributed by atoms with Gasteiger partial charge in [0.2, 0.25) is 4.90 Å². The van der Waals surface area contributed by atoms with Crippen molar-refractivity contribution in [2.45, 2.75) is 72.3 Å². The van der Waals surface area contributed by atoms with Gasteiger partial charge in [0.1, 0.15) is 43.8 Å². The van der Waals surface area contributed by atoms with Crippen molar-refractivity contribution in [1.82, 2.24) is 0 Å². The number of rotatable bonds is 6. The first kappa shape index (κ1) is 32.1. The minimum Gasteiger partial charge on any atom is -0.744 e. The lowest BCUT2D eigenvalue weighted by Gasteiger charge is -2.26. The lowest BCUT2D eigenvalue weighted by Crippen LogP contribution is -2.26. The molecule has 4 rings (SSSR count). The summed E-state index contributed by atoms with van der Waals surface area (Å²) in [6, 6.07) is 29.0. The van der Waals surface area contributed by atoms with E-state index in [-0.39, 0.29) is 22.1 Å². The largest absolute Gasteiger partial charge is 0.744 e. The Labute approximate surface area is 244 Å². The lowest BCUT2D eigenvalue weighted by molar-refractivity contribution is 0.113. The van der Waals surface area contributed by atoms with Gasteiger partial charge in [0.25, 0.3) is 0 Å². The standard InChI is InChI=1S/C26H31O2S.C6H4F2O3S/c1-25(2,3)27-22-18-13-19-23(28-26(4,5)6)24(22)29(20-14-9-7-10-15-20)21-16-11-8-12-17-21;7-4-1-2-6(5(8)3-4)12(9,10)11/h7-19H,1-6H3;1-3H,(H,9,10,11)/q+1;/p-1. The van der Waals surface area contributed by atoms with Gasteiger partial charge >= 0.3 is 0 Å². The van der Waals surface area contributed by atoms with E-state index in [0.717, 1.165) is 16.4 Å². The molecule has 218 valence electrons. The van der Waals surface area contributed by atoms with Crippen LogP contribution in [0.4, 0.5) is 8.78 Å². The van der Waals surface area contributed by atoms with Crippen LogP contribution in [0.2, 0.25) is 0 Å². The first-order valence-corrected chi connectivity index (χ1v) is 15.4. The number of hydrogen-bond acceptors (Lipinski definition) is 5. The SMILES string of the molecule is CC(C)(C)Oc1cccc(OC(C)(C)C)c1[S+](c1ccccc1)c1ccccc1.O=S(=O)([O-])c1ccc(F)cc1F. The number of hydrogen-bond donors (Lipinski definition) is 0. The van der Waals surface area contributed by atoms with E-state index in [1.807, 2.05) is 6.07 Å². The average Bonchev–Trinajstić information content (AvgIpc) is 2.85. The third-order valence-electron chi connectivity index (χ3n) is 5.10. The minimum absolute atomic E-state index is 0.308. The van der Waals surface area contributed by atoms with Crippen molar-refractivity contribution in [2.24, 2.45) is 0 Å². The third kappa shape index (κ3) is 9.59. The summed E-state index contributed by atoms with van der Waals surface area (Å²) in [4.78, 5) is 2.53. The first-order chi connectivity index (χ1) is 19.0. The van der Waals surface area contributed by atoms with Crippen molar-refractivity contribution in [3.05, 3.63) is 109 Å². The predicted molar refractivity (Wildman–Crippen MR) is 157 cm³/mol. The second-order valence-corrected chi connectivity index (χ2v) is 14.3. The molecule has 4 aromatic rings. The summed E-state index contributed by atoms with van der Waals surface area (Å²) < 4.78 is 68.3. The molecule has 0 atom stereocenters. The molecule has 0 radical (unpaired) electrons. The Morgan fingerprint density at radius 3 is 1.46 bits per heavy atom. The molecule has 0 aliphatic carbocycles. The van der Waals surface area contributed by atoms with Gasteiger partial charge in [-0.2, -0.15) is 0 Å². The number of halogens is 2. The summed E-state index contributed by atoms with van der Waals surface area (Å²) in [6.07, 6.45) is 0. The van der Waals surface area contributed by atoms with Crippen molar-refractivity contribution in [1.29, 1.82) is 0 Å². The molecule has 0 spiro atoms. The summed E-state index contributed by atoms with van der Waals surface area (Å²) >= 11 is 0. The molecule has 9 heteroatoms. The van der Waals surface area contributed by atoms with Crippen molar-refractivity contribution >= 4 is 21.0 Å². The summed E-state index contributed by atoms with van der Waals surface area (Å²) in [5.41, 5.74) is -0.616. The topological polar surface area (TPSA) is 75.7 Å². The van der Waals surface area contributed by atoms with Crippen LogP contribution in [0.3, 0.4) is 0 Å². The molecule has 0 N–H and O–H groups in total. The highest BCUT2D eigenvalue weighted by molar-refractivity contribution is 7.97. The summed E-state index contributed by atoms with van der Waals surface area (Å²) in [6.45, 7) is 12.5. The fraction of sp³-hybridized carbons (Fsp3) is 0.250. The molecule has 0 heterocycles. The van der Waals surface area contributed by atoms with Gasteiger partial charge in [-0.25, -0.2) is 17.2 Å². The van der Waals surface area contributed by atoms with Crippen LogP contribution in [0.25, 0.3) is 0 Å². The molecule has 0 saturated carbocycles. The Bertz CT molecular complexity index is 1470. The highest BCUT2D eigenvalue weighted by Crippen LogP contribution is 2.44. The maximum absolute atomic E-state index is 12.5. The lowest BCUT2D eigenvalue weighted by atomic mass is 10.2. The zero-order valence-corrected chi connectivity index (χ0v) is 25.5. The van der Waals surface area contributed by atoms with Gasteiger partial charge in [0.05, 0.1) is 4.90 Å². The maximum atomic E-state index is 12.5. The second kappa shape index (κ2) is 13.1. The highest BCUT2D eigenvalue weighted by Gasteiger charge is 2.37. The molecule has 0 bridgehead atoms. The summed E-state index contributed by atoms with van der Waals surface area (Å²) in [5.74, 6) is -0.560. The van der Waals surface area contributed by atoms with Crippen LogP contribution in [0.1, 0.15) is 41.5 Å². The van der Waals surface area contributed by atoms with Crippen LogP contribution in [0, 0.1) is 11.6 Å². The number of ether oxygens (including phenoxy) is 2. The van der Waals surface area contributed by atoms with Gasteiger partial charge in [-0.05, 0) is 90.1 Å². The van der Waals surface area contributed by atoms with E-state index in [4.69, 9.17) is 9.47 Å². The Morgan fingerprint density at radius 1 is 0.659 bits per heavy atom. The van der Waals surface area contributed by atoms with Gasteiger partial charge < -0.3 is 14.0 Å². The third-order valence-corrected chi connectivity index (χ3v) is 8.27. The highest BCUT2D eigenvalue weighted by atomic mass is 32.2. The molecular formula is C32H34F2O5S2. The van der Waals surface area contributed by atoms with E-state index in [9.17, 15) is 21.8 Å². The smallest absolute Gasteiger partial charge is 0.250 e. The Hall–Kier alpha value is -3.40. The van der Waals surface area contributed by atoms with Crippen LogP contribution in [-0.2, 0) is 21.0 Å². The second-order valence-electron chi connectivity index (χ2n) is 11.0. The monoisotopic (exact) mass is 600 g/mol. The van der Waals surface area contributed by atoms with Crippen molar-refractivity contribution < 1.29 is 31.2 Å². The molecule has 0 unspecified atom stereocenters. The maximum Gasteiger partial charge on any atom is 0.250 e. The van der Waals surface area contributed by atoms with E-state index in [1.165, 1.54) is 9.79 Å². The molecule has 0 aromatic heterocycles. The quantitative estimate of drug-likeness (QED) is 0.166. The van der Waals surface area contributed by atoms with Crippen LogP contribution in [0.5, 0.6) is 11.5 Å². The van der Waals surface area contributed by atoms with Crippen LogP contribution >= 0.6 is 0 Å². The first-order valence-electron chi connectivity index (χ1n) is 12.8. The normalized spacial score (nSPS) is 12.0. The molecule has 0 fully saturated rings. The summed E-state index contributed by atoms with van der Waals surface area (Å²) in [5, 5.41) is 0. The zero-order chi connectivity index (χ0) is 30.4. The van der Waals surface area contributed by atoms with Gasteiger partial charge in [-0.15, -0.1) is 0 Å². The van der Waals surface area contributed by atoms with Crippen LogP contribution in [0.15, 0.2) is 117 Å². The molecule has 5 nitrogen and oxygen atoms in total. The van der Waals surface area contributed by atoms with Crippen molar-refractivity contribution in [3.63, 3.8) is 0 Å². The molecule has 4 aromatic carbocycles. The van der Waals surface area contributed by atoms with E-state index in [1.54, 1.807) is 0 Å². The van der Waals surface area contributed by atoms with Crippen molar-refractivity contribution in [2.75, 3.05) is 0 Å². The minimum atomic E-state index is -4.84. The molecule has 0 aliphatic heterocycles. The molecule has 0 amide bonds. The molecular weight excluding hydrogens is 566 g/mol. The Kier molecular flexibility index (Phi) is 10.2. The fourth-order valence-electron chi connectivity index (χ4n) is 3.68. The molecule has 41 heavy (non-hydrogen) atoms. The van der Waals surface area contributed by atoms with Crippen LogP contribution in [-0.4, -0.2) is 24.2 Å². The van der Waals surface area contributed by atoms with Crippen LogP contribution < -0.4 is 9.47 Å². The van der Waals surface area contributed by atoms with E-state index >= 15 is 0 Å². The van der Waals surface area contributed by atoms with E-state index < -0.39 is 26.6 Å². The Balaban J connectivity index is 0.000000322. The molecule has 0 aliphatic rings. The average molecular weight is 601 g/mol. The fourth-order valence-corrected chi connectivity index (χ4v) is 6.44. The zero-order valence-electron chi connectivity index (χ0n) is 23.9. The number of benzene rings is 4. The summed E-state index contributed by atoms with van der Waals surface area (Å²) in [7, 11) is -5.20. The Morgan fingerprint density at radius 2 is 1.10 bits per heavy atom. The van der Waals surface area contributed by atoms with Gasteiger partial charge in [-0.3, -0.25) is 0 Å². The molecule has 0 saturated heterocycles. The van der Waals surface area contributed by atoms with E-state index in [2.05, 4.69) is 114 Å². The van der Waals surface area contributed by atoms with Crippen molar-refractivity contribution in [3.8, 4) is 11.5 Å². The van der Waals surface area contributed by atoms with Gasteiger partial charge in [-0.1, -0.05) is 42.5 Å². The van der Waals surface area contributed by atoms with E-state index in [0.29, 0.717) is 18.2 Å². The predicted octanol–water partition coefficient (Wildman–Crippen LogP) is 8.01. The van der Waals surface area contributed by atoms with Gasteiger partial charge in [0.15, 0.2) is 21.3 Å².